The monoisotopic (exact) mass is 180 g/mol. The normalized spacial score (nSPS) is 52.5. The maximum atomic E-state index is 11.0. The zero-order valence-corrected chi connectivity index (χ0v) is 7.78. The van der Waals surface area contributed by atoms with Gasteiger partial charge in [0.05, 0.1) is 5.92 Å². The van der Waals surface area contributed by atoms with Crippen LogP contribution in [0.4, 0.5) is 0 Å². The van der Waals surface area contributed by atoms with Crippen molar-refractivity contribution in [1.29, 1.82) is 0 Å². The van der Waals surface area contributed by atoms with Crippen molar-refractivity contribution in [1.82, 2.24) is 0 Å². The molecule has 0 heterocycles. The van der Waals surface area contributed by atoms with E-state index < -0.39 is 5.97 Å². The van der Waals surface area contributed by atoms with Gasteiger partial charge in [0.15, 0.2) is 0 Å². The van der Waals surface area contributed by atoms with Gasteiger partial charge < -0.3 is 5.11 Å². The molecule has 2 bridgehead atoms. The van der Waals surface area contributed by atoms with Gasteiger partial charge in [0.25, 0.3) is 0 Å². The summed E-state index contributed by atoms with van der Waals surface area (Å²) in [5.74, 6) is 2.52. The minimum Gasteiger partial charge on any atom is -0.481 e. The average Bonchev–Trinajstić information content (AvgIpc) is 2.03. The van der Waals surface area contributed by atoms with E-state index in [4.69, 9.17) is 5.11 Å². The Morgan fingerprint density at radius 2 is 1.69 bits per heavy atom. The molecule has 13 heavy (non-hydrogen) atoms. The molecule has 0 unspecified atom stereocenters. The van der Waals surface area contributed by atoms with Crippen LogP contribution in [0.25, 0.3) is 0 Å². The maximum absolute atomic E-state index is 11.0. The summed E-state index contributed by atoms with van der Waals surface area (Å²) in [5.41, 5.74) is 0. The molecule has 0 aliphatic heterocycles. The van der Waals surface area contributed by atoms with E-state index in [9.17, 15) is 4.79 Å². The van der Waals surface area contributed by atoms with Crippen LogP contribution >= 0.6 is 0 Å². The Kier molecular flexibility index (Phi) is 1.50. The highest BCUT2D eigenvalue weighted by molar-refractivity contribution is 5.70. The summed E-state index contributed by atoms with van der Waals surface area (Å²) in [7, 11) is 0. The van der Waals surface area contributed by atoms with Gasteiger partial charge in [0.2, 0.25) is 0 Å². The summed E-state index contributed by atoms with van der Waals surface area (Å²) in [4.78, 5) is 11.0. The number of carboxylic acid groups (broad SMARTS) is 1. The highest BCUT2D eigenvalue weighted by atomic mass is 16.4. The van der Waals surface area contributed by atoms with Crippen molar-refractivity contribution in [3.05, 3.63) is 0 Å². The molecule has 4 aliphatic carbocycles. The van der Waals surface area contributed by atoms with Crippen LogP contribution < -0.4 is 0 Å². The minimum atomic E-state index is -0.528. The van der Waals surface area contributed by atoms with Crippen LogP contribution in [0.2, 0.25) is 0 Å². The zero-order chi connectivity index (χ0) is 9.00. The molecule has 5 atom stereocenters. The first-order valence-corrected chi connectivity index (χ1v) is 5.50. The van der Waals surface area contributed by atoms with E-state index in [1.807, 2.05) is 0 Å². The molecule has 1 N–H and O–H groups in total. The standard InChI is InChI=1S/C11H16O2/c12-11(13)10-5-6-1-2-9(10)8-4-3-7(6)8/h6-10H,1-5H2,(H,12,13)/t6-,7+,8+,9+,10-/m1/s1. The van der Waals surface area contributed by atoms with Crippen molar-refractivity contribution >= 4 is 5.97 Å². The first kappa shape index (κ1) is 7.84. The largest absolute Gasteiger partial charge is 0.481 e. The molecule has 2 heteroatoms. The molecule has 4 fully saturated rings. The predicted molar refractivity (Wildman–Crippen MR) is 48.2 cm³/mol. The second-order valence-electron chi connectivity index (χ2n) is 5.09. The molecule has 0 aromatic heterocycles. The van der Waals surface area contributed by atoms with Crippen LogP contribution in [-0.2, 0) is 4.79 Å². The Morgan fingerprint density at radius 3 is 2.23 bits per heavy atom. The number of hydrogen-bond acceptors (Lipinski definition) is 1. The second kappa shape index (κ2) is 2.49. The summed E-state index contributed by atoms with van der Waals surface area (Å²) >= 11 is 0. The van der Waals surface area contributed by atoms with Crippen molar-refractivity contribution < 1.29 is 9.90 Å². The first-order chi connectivity index (χ1) is 6.27. The van der Waals surface area contributed by atoms with Crippen molar-refractivity contribution in [2.24, 2.45) is 29.6 Å². The lowest BCUT2D eigenvalue weighted by Gasteiger charge is -2.57. The van der Waals surface area contributed by atoms with E-state index in [1.165, 1.54) is 25.7 Å². The smallest absolute Gasteiger partial charge is 0.306 e. The SMILES string of the molecule is O=C(O)[C@@H]1C[C@H]2CC[C@H]1[C@H]1CC[C@@H]21. The Morgan fingerprint density at radius 1 is 1.00 bits per heavy atom. The Hall–Kier alpha value is -0.530. The fourth-order valence-corrected chi connectivity index (χ4v) is 4.08. The third kappa shape index (κ3) is 0.918. The molecular formula is C11H16O2. The van der Waals surface area contributed by atoms with Crippen molar-refractivity contribution in [2.75, 3.05) is 0 Å². The van der Waals surface area contributed by atoms with Gasteiger partial charge in [-0.15, -0.1) is 0 Å². The van der Waals surface area contributed by atoms with Crippen LogP contribution in [-0.4, -0.2) is 11.1 Å². The quantitative estimate of drug-likeness (QED) is 0.671. The molecule has 0 spiro atoms. The summed E-state index contributed by atoms with van der Waals surface area (Å²) in [6.07, 6.45) is 6.20. The van der Waals surface area contributed by atoms with Crippen molar-refractivity contribution in [3.63, 3.8) is 0 Å². The number of hydrogen-bond donors (Lipinski definition) is 1. The Labute approximate surface area is 78.3 Å². The highest BCUT2D eigenvalue weighted by Gasteiger charge is 2.54. The van der Waals surface area contributed by atoms with Gasteiger partial charge in [-0.25, -0.2) is 0 Å². The molecule has 4 rings (SSSR count). The molecule has 72 valence electrons. The van der Waals surface area contributed by atoms with Gasteiger partial charge >= 0.3 is 5.97 Å². The molecule has 0 aromatic carbocycles. The van der Waals surface area contributed by atoms with E-state index >= 15 is 0 Å². The van der Waals surface area contributed by atoms with Gasteiger partial charge in [-0.05, 0) is 55.8 Å². The average molecular weight is 180 g/mol. The summed E-state index contributed by atoms with van der Waals surface area (Å²) in [5, 5.41) is 9.09. The number of carboxylic acids is 1. The third-order valence-electron chi connectivity index (χ3n) is 4.80. The van der Waals surface area contributed by atoms with Crippen molar-refractivity contribution in [3.8, 4) is 0 Å². The van der Waals surface area contributed by atoms with E-state index in [1.54, 1.807) is 0 Å². The van der Waals surface area contributed by atoms with Gasteiger partial charge in [-0.3, -0.25) is 4.79 Å². The van der Waals surface area contributed by atoms with Gasteiger partial charge in [0.1, 0.15) is 0 Å². The zero-order valence-electron chi connectivity index (χ0n) is 7.78. The molecule has 4 aliphatic rings. The second-order valence-corrected chi connectivity index (χ2v) is 5.09. The first-order valence-electron chi connectivity index (χ1n) is 5.50. The minimum absolute atomic E-state index is 0.0142. The van der Waals surface area contributed by atoms with Crippen LogP contribution in [0, 0.1) is 29.6 Å². The highest BCUT2D eigenvalue weighted by Crippen LogP contribution is 2.59. The number of rotatable bonds is 1. The Balaban J connectivity index is 1.86. The third-order valence-corrected chi connectivity index (χ3v) is 4.80. The predicted octanol–water partition coefficient (Wildman–Crippen LogP) is 2.14. The van der Waals surface area contributed by atoms with Crippen LogP contribution in [0.5, 0.6) is 0 Å². The van der Waals surface area contributed by atoms with E-state index in [-0.39, 0.29) is 5.92 Å². The van der Waals surface area contributed by atoms with Crippen LogP contribution in [0.3, 0.4) is 0 Å². The maximum Gasteiger partial charge on any atom is 0.306 e. The molecule has 4 saturated carbocycles. The number of aliphatic carboxylic acids is 1. The molecule has 2 nitrogen and oxygen atoms in total. The van der Waals surface area contributed by atoms with Gasteiger partial charge in [-0.2, -0.15) is 0 Å². The summed E-state index contributed by atoms with van der Waals surface area (Å²) in [6, 6.07) is 0. The van der Waals surface area contributed by atoms with Gasteiger partial charge in [0, 0.05) is 0 Å². The van der Waals surface area contributed by atoms with Crippen molar-refractivity contribution in [2.45, 2.75) is 32.1 Å². The molecule has 0 saturated heterocycles. The molecule has 0 amide bonds. The number of fused-ring (bicyclic) bond motifs is 2. The molecule has 0 radical (unpaired) electrons. The van der Waals surface area contributed by atoms with Crippen LogP contribution in [0.1, 0.15) is 32.1 Å². The van der Waals surface area contributed by atoms with E-state index in [0.717, 1.165) is 24.2 Å². The fraction of sp³-hybridized carbons (Fsp3) is 0.909. The van der Waals surface area contributed by atoms with E-state index in [2.05, 4.69) is 0 Å². The molecule has 0 aromatic rings. The lowest BCUT2D eigenvalue weighted by molar-refractivity contribution is -0.158. The Bertz CT molecular complexity index is 246. The summed E-state index contributed by atoms with van der Waals surface area (Å²) < 4.78 is 0. The summed E-state index contributed by atoms with van der Waals surface area (Å²) in [6.45, 7) is 0. The lowest BCUT2D eigenvalue weighted by atomic mass is 9.47. The fourth-order valence-electron chi connectivity index (χ4n) is 4.08. The number of carbonyl (C=O) groups is 1. The topological polar surface area (TPSA) is 37.3 Å². The van der Waals surface area contributed by atoms with E-state index in [0.29, 0.717) is 5.92 Å². The molecular weight excluding hydrogens is 164 g/mol. The lowest BCUT2D eigenvalue weighted by Crippen LogP contribution is -2.52. The van der Waals surface area contributed by atoms with Gasteiger partial charge in [-0.1, -0.05) is 0 Å². The van der Waals surface area contributed by atoms with Crippen LogP contribution in [0.15, 0.2) is 0 Å².